The van der Waals surface area contributed by atoms with Crippen LogP contribution in [-0.4, -0.2) is 41.0 Å². The molecule has 0 saturated heterocycles. The monoisotopic (exact) mass is 533 g/mol. The molecule has 4 aromatic rings. The maximum absolute atomic E-state index is 14.0. The first-order chi connectivity index (χ1) is 18.3. The van der Waals surface area contributed by atoms with E-state index in [-0.39, 0.29) is 24.9 Å². The van der Waals surface area contributed by atoms with Gasteiger partial charge < -0.3 is 28.7 Å². The molecule has 0 fully saturated rings. The van der Waals surface area contributed by atoms with E-state index in [0.717, 1.165) is 16.8 Å². The van der Waals surface area contributed by atoms with Crippen molar-refractivity contribution in [2.75, 3.05) is 14.2 Å². The molecule has 3 heterocycles. The van der Waals surface area contributed by atoms with Gasteiger partial charge >= 0.3 is 0 Å². The lowest BCUT2D eigenvalue weighted by atomic mass is 9.93. The number of carbonyl (C=O) groups is 2. The van der Waals surface area contributed by atoms with Crippen LogP contribution in [0.3, 0.4) is 0 Å². The van der Waals surface area contributed by atoms with E-state index in [0.29, 0.717) is 34.5 Å². The fourth-order valence-corrected chi connectivity index (χ4v) is 4.94. The average Bonchev–Trinajstić information content (AvgIpc) is 3.60. The fourth-order valence-electron chi connectivity index (χ4n) is 4.81. The van der Waals surface area contributed by atoms with Crippen LogP contribution in [0.15, 0.2) is 77.4 Å². The van der Waals surface area contributed by atoms with Crippen LogP contribution in [0.5, 0.6) is 11.5 Å². The van der Waals surface area contributed by atoms with Gasteiger partial charge in [-0.15, -0.1) is 0 Å². The number of halogens is 1. The van der Waals surface area contributed by atoms with Gasteiger partial charge in [-0.25, -0.2) is 0 Å². The lowest BCUT2D eigenvalue weighted by molar-refractivity contribution is -0.133. The molecular weight excluding hydrogens is 506 g/mol. The minimum Gasteiger partial charge on any atom is -0.497 e. The zero-order chi connectivity index (χ0) is 26.9. The summed E-state index contributed by atoms with van der Waals surface area (Å²) in [6.45, 7) is 2.45. The Hall–Kier alpha value is -4.17. The number of hydrogen-bond acceptors (Lipinski definition) is 5. The number of methoxy groups -OCH3 is 2. The molecule has 0 radical (unpaired) electrons. The normalized spacial score (nSPS) is 16.7. The van der Waals surface area contributed by atoms with Gasteiger partial charge in [0, 0.05) is 17.1 Å². The quantitative estimate of drug-likeness (QED) is 0.338. The first kappa shape index (κ1) is 25.5. The van der Waals surface area contributed by atoms with Crippen molar-refractivity contribution in [1.82, 2.24) is 14.8 Å². The molecule has 0 unspecified atom stereocenters. The molecule has 2 aromatic heterocycles. The van der Waals surface area contributed by atoms with E-state index < -0.39 is 5.54 Å². The van der Waals surface area contributed by atoms with E-state index >= 15 is 0 Å². The van der Waals surface area contributed by atoms with E-state index in [1.54, 1.807) is 68.7 Å². The second-order valence-electron chi connectivity index (χ2n) is 9.32. The minimum atomic E-state index is -1.23. The molecule has 0 aliphatic carbocycles. The Morgan fingerprint density at radius 2 is 1.82 bits per heavy atom. The van der Waals surface area contributed by atoms with Crippen LogP contribution in [0.4, 0.5) is 0 Å². The number of ether oxygens (including phenoxy) is 2. The lowest BCUT2D eigenvalue weighted by Gasteiger charge is -2.44. The number of hydrogen-bond donors (Lipinski definition) is 1. The van der Waals surface area contributed by atoms with E-state index in [1.807, 2.05) is 34.9 Å². The molecule has 38 heavy (non-hydrogen) atoms. The summed E-state index contributed by atoms with van der Waals surface area (Å²) in [7, 11) is 3.15. The van der Waals surface area contributed by atoms with Gasteiger partial charge in [0.15, 0.2) is 0 Å². The van der Waals surface area contributed by atoms with E-state index in [2.05, 4.69) is 5.32 Å². The fraction of sp³-hybridized carbons (Fsp3) is 0.241. The number of fused-ring (bicyclic) bond motifs is 1. The third-order valence-corrected chi connectivity index (χ3v) is 7.20. The number of furan rings is 1. The summed E-state index contributed by atoms with van der Waals surface area (Å²) in [5.74, 6) is 1.29. The van der Waals surface area contributed by atoms with Crippen LogP contribution in [0.1, 0.15) is 28.5 Å². The Bertz CT molecular complexity index is 1460. The van der Waals surface area contributed by atoms with Crippen LogP contribution in [0.25, 0.3) is 11.5 Å². The van der Waals surface area contributed by atoms with Gasteiger partial charge in [-0.05, 0) is 67.1 Å². The molecule has 1 atom stereocenters. The Labute approximate surface area is 225 Å². The SMILES string of the molecule is COc1ccc(OC)c(CN2C(=O)c3ccc(-c4ccco4)n3C[C@@]2(C)C(=O)NCc2ccc(Cl)cc2)c1. The molecule has 0 saturated carbocycles. The van der Waals surface area contributed by atoms with E-state index in [1.165, 1.54) is 0 Å². The second kappa shape index (κ2) is 10.3. The third kappa shape index (κ3) is 4.63. The Morgan fingerprint density at radius 3 is 2.50 bits per heavy atom. The summed E-state index contributed by atoms with van der Waals surface area (Å²) < 4.78 is 18.4. The molecule has 2 amide bonds. The topological polar surface area (TPSA) is 85.9 Å². The molecule has 2 aromatic carbocycles. The van der Waals surface area contributed by atoms with Crippen LogP contribution >= 0.6 is 11.6 Å². The van der Waals surface area contributed by atoms with Gasteiger partial charge in [-0.2, -0.15) is 0 Å². The smallest absolute Gasteiger partial charge is 0.271 e. The number of nitrogens with one attached hydrogen (secondary N) is 1. The first-order valence-corrected chi connectivity index (χ1v) is 12.5. The Kier molecular flexibility index (Phi) is 6.91. The number of aromatic nitrogens is 1. The first-order valence-electron chi connectivity index (χ1n) is 12.1. The second-order valence-corrected chi connectivity index (χ2v) is 9.76. The maximum atomic E-state index is 14.0. The summed E-state index contributed by atoms with van der Waals surface area (Å²) in [6, 6.07) is 19.9. The number of nitrogens with zero attached hydrogens (tertiary/aromatic N) is 2. The highest BCUT2D eigenvalue weighted by Crippen LogP contribution is 2.36. The highest BCUT2D eigenvalue weighted by Gasteiger charge is 2.48. The van der Waals surface area contributed by atoms with Gasteiger partial charge in [0.2, 0.25) is 5.91 Å². The average molecular weight is 534 g/mol. The third-order valence-electron chi connectivity index (χ3n) is 6.95. The van der Waals surface area contributed by atoms with Gasteiger partial charge in [0.1, 0.15) is 28.5 Å². The zero-order valence-corrected chi connectivity index (χ0v) is 22.1. The summed E-state index contributed by atoms with van der Waals surface area (Å²) in [6.07, 6.45) is 1.58. The molecule has 9 heteroatoms. The van der Waals surface area contributed by atoms with Gasteiger partial charge in [-0.1, -0.05) is 23.7 Å². The summed E-state index contributed by atoms with van der Waals surface area (Å²) in [4.78, 5) is 29.5. The van der Waals surface area contributed by atoms with Gasteiger partial charge in [-0.3, -0.25) is 9.59 Å². The highest BCUT2D eigenvalue weighted by atomic mass is 35.5. The Morgan fingerprint density at radius 1 is 1.05 bits per heavy atom. The summed E-state index contributed by atoms with van der Waals surface area (Å²) in [5.41, 5.74) is 1.59. The number of amides is 2. The minimum absolute atomic E-state index is 0.144. The van der Waals surface area contributed by atoms with E-state index in [4.69, 9.17) is 25.5 Å². The highest BCUT2D eigenvalue weighted by molar-refractivity contribution is 6.30. The number of carbonyl (C=O) groups excluding carboxylic acids is 2. The molecule has 1 N–H and O–H groups in total. The van der Waals surface area contributed by atoms with Crippen molar-refractivity contribution in [2.45, 2.75) is 32.1 Å². The number of rotatable bonds is 8. The Balaban J connectivity index is 1.53. The summed E-state index contributed by atoms with van der Waals surface area (Å²) >= 11 is 6.01. The van der Waals surface area contributed by atoms with Crippen LogP contribution in [0, 0.1) is 0 Å². The molecule has 1 aliphatic heterocycles. The van der Waals surface area contributed by atoms with Crippen molar-refractivity contribution in [1.29, 1.82) is 0 Å². The van der Waals surface area contributed by atoms with Gasteiger partial charge in [0.05, 0.1) is 39.3 Å². The predicted molar refractivity (Wildman–Crippen MR) is 143 cm³/mol. The molecule has 0 bridgehead atoms. The molecular formula is C29H28ClN3O5. The van der Waals surface area contributed by atoms with Crippen molar-refractivity contribution < 1.29 is 23.5 Å². The largest absolute Gasteiger partial charge is 0.497 e. The van der Waals surface area contributed by atoms with E-state index in [9.17, 15) is 9.59 Å². The van der Waals surface area contributed by atoms with Crippen molar-refractivity contribution in [3.63, 3.8) is 0 Å². The van der Waals surface area contributed by atoms with Crippen molar-refractivity contribution in [3.8, 4) is 23.0 Å². The zero-order valence-electron chi connectivity index (χ0n) is 21.4. The molecule has 8 nitrogen and oxygen atoms in total. The van der Waals surface area contributed by atoms with Gasteiger partial charge in [0.25, 0.3) is 5.91 Å². The van der Waals surface area contributed by atoms with Crippen molar-refractivity contribution in [2.24, 2.45) is 0 Å². The molecule has 196 valence electrons. The standard InChI is InChI=1S/C29H28ClN3O5/c1-29(28(35)31-16-19-6-8-21(30)9-7-19)18-32-23(26-5-4-14-38-26)11-12-24(32)27(34)33(29)17-20-15-22(36-2)10-13-25(20)37-3/h4-15H,16-18H2,1-3H3,(H,31,35)/t29-/m0/s1. The molecule has 1 aliphatic rings. The maximum Gasteiger partial charge on any atom is 0.271 e. The van der Waals surface area contributed by atoms with Crippen LogP contribution < -0.4 is 14.8 Å². The predicted octanol–water partition coefficient (Wildman–Crippen LogP) is 5.15. The lowest BCUT2D eigenvalue weighted by Crippen LogP contribution is -2.63. The van der Waals surface area contributed by atoms with Crippen LogP contribution in [-0.2, 0) is 24.4 Å². The number of benzene rings is 2. The van der Waals surface area contributed by atoms with Crippen LogP contribution in [0.2, 0.25) is 5.02 Å². The van der Waals surface area contributed by atoms with Crippen molar-refractivity contribution >= 4 is 23.4 Å². The summed E-state index contributed by atoms with van der Waals surface area (Å²) in [5, 5.41) is 3.64. The molecule has 5 rings (SSSR count). The molecule has 0 spiro atoms. The van der Waals surface area contributed by atoms with Crippen molar-refractivity contribution in [3.05, 3.63) is 94.8 Å².